The highest BCUT2D eigenvalue weighted by atomic mass is 16.9. The Labute approximate surface area is 396 Å². The molecule has 0 radical (unpaired) electrons. The minimum absolute atomic E-state index is 0.0112. The van der Waals surface area contributed by atoms with Gasteiger partial charge < -0.3 is 93.4 Å². The van der Waals surface area contributed by atoms with Crippen LogP contribution in [0.4, 0.5) is 5.95 Å². The number of phenols is 1. The zero-order valence-electron chi connectivity index (χ0n) is 39.2. The van der Waals surface area contributed by atoms with E-state index >= 15 is 0 Å². The molecule has 7 heterocycles. The average Bonchev–Trinajstić information content (AvgIpc) is 3.94. The summed E-state index contributed by atoms with van der Waals surface area (Å²) in [6, 6.07) is 1.63. The molecule has 10 N–H and O–H groups in total. The van der Waals surface area contributed by atoms with Crippen molar-refractivity contribution in [3.63, 3.8) is 0 Å². The van der Waals surface area contributed by atoms with Gasteiger partial charge in [-0.05, 0) is 46.2 Å². The molecule has 12 unspecified atom stereocenters. The van der Waals surface area contributed by atoms with E-state index in [1.807, 2.05) is 0 Å². The number of Topliss-reactive ketones (excluding diaryl/α,β-unsaturated/α-hetero) is 2. The van der Waals surface area contributed by atoms with Crippen molar-refractivity contribution in [1.82, 2.24) is 19.5 Å². The number of aromatic hydroxyl groups is 1. The highest BCUT2D eigenvalue weighted by molar-refractivity contribution is 6.13. The number of aromatic nitrogens is 4. The number of nitrogens with two attached hydrogens (primary N) is 1. The number of aryl methyl sites for hydroxylation is 1. The first-order valence-electron chi connectivity index (χ1n) is 22.5. The van der Waals surface area contributed by atoms with Gasteiger partial charge in [0.2, 0.25) is 17.8 Å². The normalized spacial score (nSPS) is 38.8. The Morgan fingerprint density at radius 2 is 1.76 bits per heavy atom. The van der Waals surface area contributed by atoms with Crippen LogP contribution in [-0.4, -0.2) is 172 Å². The number of carbonyl (C=O) groups excluding carboxylic acids is 2. The molecule has 25 nitrogen and oxygen atoms in total. The number of benzene rings is 2. The summed E-state index contributed by atoms with van der Waals surface area (Å²) in [6.07, 6.45) is -15.6. The smallest absolute Gasteiger partial charge is 0.278 e. The number of aromatic amines is 1. The number of aliphatic hydroxyl groups excluding tert-OH is 3. The van der Waals surface area contributed by atoms with Gasteiger partial charge >= 0.3 is 0 Å². The van der Waals surface area contributed by atoms with Crippen LogP contribution in [0.25, 0.3) is 21.9 Å². The number of rotatable bonds is 11. The highest BCUT2D eigenvalue weighted by Gasteiger charge is 2.88. The van der Waals surface area contributed by atoms with Crippen molar-refractivity contribution in [3.8, 4) is 17.2 Å². The number of H-pyrrole nitrogens is 1. The van der Waals surface area contributed by atoms with Crippen molar-refractivity contribution in [2.45, 2.75) is 157 Å². The molecule has 1 aliphatic carbocycles. The third-order valence-electron chi connectivity index (χ3n) is 15.0. The summed E-state index contributed by atoms with van der Waals surface area (Å²) < 4.78 is 64.7. The SMILES string of the molecule is COc1c2c(c(O)c3c4c(c(C)cc13)C1O[C@]3(C(OC)OC)OC1[C@@](OC1CC(O)C(O)(C(C)=O)C(C)O1)(O4)[C@@]3(O)Cn1cnc3nc(N)[nH]c(=O)c31)C(=O)C(O)CC2OC1CC(C)(O)C(O)C(C)O1. The van der Waals surface area contributed by atoms with Gasteiger partial charge in [-0.2, -0.15) is 4.98 Å². The van der Waals surface area contributed by atoms with E-state index < -0.39 is 137 Å². The number of ether oxygens (including phenoxy) is 10. The molecule has 4 aromatic rings. The molecule has 4 saturated heterocycles. The van der Waals surface area contributed by atoms with Gasteiger partial charge in [-0.15, -0.1) is 0 Å². The number of ketones is 2. The summed E-state index contributed by atoms with van der Waals surface area (Å²) in [6.45, 7) is 6.30. The summed E-state index contributed by atoms with van der Waals surface area (Å²) in [5, 5.41) is 82.2. The second kappa shape index (κ2) is 16.3. The van der Waals surface area contributed by atoms with E-state index in [4.69, 9.17) is 53.1 Å². The van der Waals surface area contributed by atoms with E-state index in [-0.39, 0.29) is 63.4 Å². The van der Waals surface area contributed by atoms with Crippen LogP contribution in [0.3, 0.4) is 0 Å². The number of phenolic OH excluding ortho intramolecular Hbond substituents is 1. The third kappa shape index (κ3) is 6.44. The summed E-state index contributed by atoms with van der Waals surface area (Å²) in [5.74, 6) is -8.12. The molecule has 0 saturated carbocycles. The number of nitrogens with one attached hydrogen (secondary N) is 1. The van der Waals surface area contributed by atoms with Gasteiger partial charge in [-0.3, -0.25) is 19.4 Å². The molecule has 4 fully saturated rings. The molecule has 0 amide bonds. The van der Waals surface area contributed by atoms with Crippen LogP contribution in [0.5, 0.6) is 17.2 Å². The number of aliphatic hydroxyl groups is 6. The number of fused-ring (bicyclic) bond motifs is 7. The van der Waals surface area contributed by atoms with Crippen LogP contribution in [0, 0.1) is 6.92 Å². The van der Waals surface area contributed by atoms with E-state index in [2.05, 4.69) is 15.0 Å². The van der Waals surface area contributed by atoms with E-state index in [1.54, 1.807) is 19.9 Å². The number of anilines is 1. The van der Waals surface area contributed by atoms with Crippen LogP contribution >= 0.6 is 0 Å². The maximum atomic E-state index is 14.2. The lowest BCUT2D eigenvalue weighted by molar-refractivity contribution is -0.427. The molecule has 2 bridgehead atoms. The van der Waals surface area contributed by atoms with E-state index in [9.17, 15) is 50.1 Å². The molecule has 380 valence electrons. The molecular formula is C45H55N5O20. The number of methoxy groups -OCH3 is 3. The number of hydrogen-bond acceptors (Lipinski definition) is 23. The maximum Gasteiger partial charge on any atom is 0.278 e. The first-order valence-corrected chi connectivity index (χ1v) is 22.5. The van der Waals surface area contributed by atoms with Gasteiger partial charge in [0.1, 0.15) is 35.6 Å². The number of imidazole rings is 1. The number of carbonyl (C=O) groups is 2. The van der Waals surface area contributed by atoms with Crippen molar-refractivity contribution in [2.75, 3.05) is 27.1 Å². The van der Waals surface area contributed by atoms with Gasteiger partial charge in [0.05, 0.1) is 60.9 Å². The van der Waals surface area contributed by atoms with Crippen molar-refractivity contribution >= 4 is 39.5 Å². The fraction of sp³-hybridized carbons (Fsp3) is 0.622. The van der Waals surface area contributed by atoms with E-state index in [0.29, 0.717) is 5.56 Å². The summed E-state index contributed by atoms with van der Waals surface area (Å²) in [4.78, 5) is 51.3. The summed E-state index contributed by atoms with van der Waals surface area (Å²) in [7, 11) is 3.80. The molecule has 0 spiro atoms. The van der Waals surface area contributed by atoms with Crippen molar-refractivity contribution in [1.29, 1.82) is 0 Å². The summed E-state index contributed by atoms with van der Waals surface area (Å²) >= 11 is 0. The molecule has 70 heavy (non-hydrogen) atoms. The highest BCUT2D eigenvalue weighted by Crippen LogP contribution is 2.69. The first-order chi connectivity index (χ1) is 32.9. The van der Waals surface area contributed by atoms with Crippen LogP contribution in [0.15, 0.2) is 17.2 Å². The quantitative estimate of drug-likeness (QED) is 0.0836. The van der Waals surface area contributed by atoms with Gasteiger partial charge in [-0.1, -0.05) is 0 Å². The molecule has 5 aliphatic heterocycles. The van der Waals surface area contributed by atoms with E-state index in [1.165, 1.54) is 46.1 Å². The molecule has 10 rings (SSSR count). The molecule has 15 atom stereocenters. The fourth-order valence-corrected chi connectivity index (χ4v) is 11.6. The van der Waals surface area contributed by atoms with Crippen LogP contribution in [0.2, 0.25) is 0 Å². The third-order valence-corrected chi connectivity index (χ3v) is 15.0. The van der Waals surface area contributed by atoms with E-state index in [0.717, 1.165) is 6.92 Å². The number of nitrogens with zero attached hydrogens (tertiary/aromatic N) is 3. The Morgan fingerprint density at radius 3 is 2.40 bits per heavy atom. The lowest BCUT2D eigenvalue weighted by Crippen LogP contribution is -2.78. The van der Waals surface area contributed by atoms with Crippen LogP contribution in [-0.2, 0) is 49.2 Å². The topological polar surface area (TPSA) is 358 Å². The number of nitrogen functional groups attached to an aromatic ring is 1. The average molecular weight is 986 g/mol. The zero-order chi connectivity index (χ0) is 50.5. The Hall–Kier alpha value is -4.97. The Kier molecular flexibility index (Phi) is 11.3. The Balaban J connectivity index is 1.20. The maximum absolute atomic E-state index is 14.2. The Morgan fingerprint density at radius 1 is 1.04 bits per heavy atom. The van der Waals surface area contributed by atoms with Crippen molar-refractivity contribution < 1.29 is 92.7 Å². The minimum Gasteiger partial charge on any atom is -0.506 e. The predicted molar refractivity (Wildman–Crippen MR) is 233 cm³/mol. The largest absolute Gasteiger partial charge is 0.506 e. The molecule has 2 aromatic carbocycles. The molecular weight excluding hydrogens is 931 g/mol. The van der Waals surface area contributed by atoms with Crippen LogP contribution < -0.4 is 20.8 Å². The lowest BCUT2D eigenvalue weighted by Gasteiger charge is -2.56. The minimum atomic E-state index is -2.82. The lowest BCUT2D eigenvalue weighted by atomic mass is 9.74. The fourth-order valence-electron chi connectivity index (χ4n) is 11.6. The first kappa shape index (κ1) is 48.6. The van der Waals surface area contributed by atoms with Crippen LogP contribution in [0.1, 0.15) is 86.2 Å². The second-order valence-electron chi connectivity index (χ2n) is 19.2. The monoisotopic (exact) mass is 985 g/mol. The van der Waals surface area contributed by atoms with Crippen molar-refractivity contribution in [2.24, 2.45) is 0 Å². The van der Waals surface area contributed by atoms with Gasteiger partial charge in [0.15, 0.2) is 47.0 Å². The van der Waals surface area contributed by atoms with Gasteiger partial charge in [0.25, 0.3) is 17.1 Å². The predicted octanol–water partition coefficient (Wildman–Crippen LogP) is -0.733. The van der Waals surface area contributed by atoms with Crippen molar-refractivity contribution in [3.05, 3.63) is 45.0 Å². The summed E-state index contributed by atoms with van der Waals surface area (Å²) in [5.41, 5.74) is -1.85. The standard InChI is InChI=1S/C45H55N5O20/c1-15-9-19-26(31(55)28-27(32(19)61-6)21(10-20(52)30(28)54)66-24-12-41(5,58)35(56)16(2)64-24)33-25(15)34-36-44(68-33,67-23-11-22(53)43(60,17(3)51)18(4)65-23)42(59,45(69-34,70-36)39(62-7)63-8)13-50-14-47-37-29(50)38(57)49-40(46)48-37/h9,14,16,18,20-24,34-36,39,52-53,55-56,58-60H,10-13H2,1-8H3,(H3,46,48,49,57)/t16?,18?,20?,21?,22?,23?,24?,34?,35?,36?,41?,42-,43?,44+,45+/m0/s1. The molecule has 2 aromatic heterocycles. The number of hydrogen-bond donors (Lipinski definition) is 9. The Bertz CT molecular complexity index is 2870. The molecule has 6 aliphatic rings. The molecule has 25 heteroatoms. The van der Waals surface area contributed by atoms with Gasteiger partial charge in [-0.25, -0.2) is 4.98 Å². The second-order valence-corrected chi connectivity index (χ2v) is 19.2. The zero-order valence-corrected chi connectivity index (χ0v) is 39.2. The van der Waals surface area contributed by atoms with Gasteiger partial charge in [0, 0.05) is 50.0 Å².